The van der Waals surface area contributed by atoms with Crippen LogP contribution in [0.3, 0.4) is 0 Å². The summed E-state index contributed by atoms with van der Waals surface area (Å²) in [6.45, 7) is 4.42. The van der Waals surface area contributed by atoms with Gasteiger partial charge in [-0.05, 0) is 55.5 Å². The highest BCUT2D eigenvalue weighted by Gasteiger charge is 2.22. The number of benzene rings is 2. The molecule has 2 aromatic carbocycles. The first-order chi connectivity index (χ1) is 12.1. The van der Waals surface area contributed by atoms with E-state index in [4.69, 9.17) is 9.47 Å². The number of morpholine rings is 1. The number of halogens is 1. The Morgan fingerprint density at radius 1 is 1.08 bits per heavy atom. The largest absolute Gasteiger partial charge is 0.457 e. The topological polar surface area (TPSA) is 50.8 Å². The van der Waals surface area contributed by atoms with Crippen molar-refractivity contribution in [1.82, 2.24) is 4.90 Å². The molecule has 0 aromatic heterocycles. The van der Waals surface area contributed by atoms with Crippen LogP contribution >= 0.6 is 15.9 Å². The van der Waals surface area contributed by atoms with Gasteiger partial charge in [0.25, 0.3) is 0 Å². The lowest BCUT2D eigenvalue weighted by molar-refractivity contribution is -0.135. The van der Waals surface area contributed by atoms with Crippen molar-refractivity contribution in [3.63, 3.8) is 0 Å². The second kappa shape index (κ2) is 8.36. The Balaban J connectivity index is 1.56. The molecule has 0 unspecified atom stereocenters. The Kier molecular flexibility index (Phi) is 5.94. The summed E-state index contributed by atoms with van der Waals surface area (Å²) in [5.74, 6) is 1.62. The van der Waals surface area contributed by atoms with Crippen LogP contribution in [0.4, 0.5) is 5.69 Å². The van der Waals surface area contributed by atoms with E-state index in [1.54, 1.807) is 0 Å². The molecule has 0 saturated carbocycles. The third-order valence-electron chi connectivity index (χ3n) is 3.98. The zero-order valence-electron chi connectivity index (χ0n) is 14.1. The second-order valence-electron chi connectivity index (χ2n) is 5.88. The van der Waals surface area contributed by atoms with E-state index in [1.165, 1.54) is 0 Å². The molecule has 1 saturated heterocycles. The summed E-state index contributed by atoms with van der Waals surface area (Å²) in [5.41, 5.74) is 0.886. The molecule has 1 N–H and O–H groups in total. The number of carbonyl (C=O) groups excluding carboxylic acids is 1. The monoisotopic (exact) mass is 404 g/mol. The molecule has 3 rings (SSSR count). The summed E-state index contributed by atoms with van der Waals surface area (Å²) in [5, 5.41) is 3.24. The van der Waals surface area contributed by atoms with Crippen molar-refractivity contribution in [2.75, 3.05) is 31.6 Å². The Bertz CT molecular complexity index is 698. The first-order valence-corrected chi connectivity index (χ1v) is 9.08. The number of hydrogen-bond donors (Lipinski definition) is 1. The predicted molar refractivity (Wildman–Crippen MR) is 101 cm³/mol. The second-order valence-corrected chi connectivity index (χ2v) is 6.80. The van der Waals surface area contributed by atoms with Crippen LogP contribution in [0.5, 0.6) is 11.5 Å². The lowest BCUT2D eigenvalue weighted by Crippen LogP contribution is -2.46. The van der Waals surface area contributed by atoms with E-state index in [9.17, 15) is 4.79 Å². The SMILES string of the molecule is C[C@H](Nc1ccc(Oc2ccc(Br)cc2)cc1)C(=O)N1CCOCC1. The number of nitrogens with zero attached hydrogens (tertiary/aromatic N) is 1. The molecule has 1 heterocycles. The standard InChI is InChI=1S/C19H21BrN2O3/c1-14(19(23)22-10-12-24-13-11-22)21-16-4-8-18(9-5-16)25-17-6-2-15(20)3-7-17/h2-9,14,21H,10-13H2,1H3/t14-/m0/s1. The number of carbonyl (C=O) groups is 1. The van der Waals surface area contributed by atoms with E-state index in [0.717, 1.165) is 21.7 Å². The Labute approximate surface area is 156 Å². The maximum Gasteiger partial charge on any atom is 0.244 e. The van der Waals surface area contributed by atoms with Crippen LogP contribution in [0.1, 0.15) is 6.92 Å². The molecule has 1 atom stereocenters. The van der Waals surface area contributed by atoms with Gasteiger partial charge in [0.2, 0.25) is 5.91 Å². The van der Waals surface area contributed by atoms with Crippen LogP contribution in [0.2, 0.25) is 0 Å². The first-order valence-electron chi connectivity index (χ1n) is 8.28. The number of rotatable bonds is 5. The maximum atomic E-state index is 12.4. The Morgan fingerprint density at radius 2 is 1.64 bits per heavy atom. The molecule has 6 heteroatoms. The third kappa shape index (κ3) is 4.96. The van der Waals surface area contributed by atoms with Crippen molar-refractivity contribution in [1.29, 1.82) is 0 Å². The Morgan fingerprint density at radius 3 is 2.24 bits per heavy atom. The van der Waals surface area contributed by atoms with Gasteiger partial charge in [-0.15, -0.1) is 0 Å². The molecule has 2 aromatic rings. The van der Waals surface area contributed by atoms with Gasteiger partial charge in [0, 0.05) is 23.2 Å². The zero-order chi connectivity index (χ0) is 17.6. The zero-order valence-corrected chi connectivity index (χ0v) is 15.7. The molecule has 1 amide bonds. The normalized spacial score (nSPS) is 15.5. The van der Waals surface area contributed by atoms with Crippen LogP contribution in [0.25, 0.3) is 0 Å². The molecule has 25 heavy (non-hydrogen) atoms. The van der Waals surface area contributed by atoms with Crippen LogP contribution in [-0.2, 0) is 9.53 Å². The maximum absolute atomic E-state index is 12.4. The quantitative estimate of drug-likeness (QED) is 0.820. The molecular weight excluding hydrogens is 384 g/mol. The highest BCUT2D eigenvalue weighted by Crippen LogP contribution is 2.24. The van der Waals surface area contributed by atoms with Crippen LogP contribution in [0, 0.1) is 0 Å². The van der Waals surface area contributed by atoms with Gasteiger partial charge in [0.1, 0.15) is 17.5 Å². The van der Waals surface area contributed by atoms with Gasteiger partial charge in [0.15, 0.2) is 0 Å². The van der Waals surface area contributed by atoms with Crippen LogP contribution < -0.4 is 10.1 Å². The summed E-state index contributed by atoms with van der Waals surface area (Å²) in [4.78, 5) is 14.3. The Hall–Kier alpha value is -2.05. The highest BCUT2D eigenvalue weighted by atomic mass is 79.9. The van der Waals surface area contributed by atoms with Gasteiger partial charge in [0.05, 0.1) is 13.2 Å². The van der Waals surface area contributed by atoms with Gasteiger partial charge in [-0.25, -0.2) is 0 Å². The van der Waals surface area contributed by atoms with E-state index in [1.807, 2.05) is 60.4 Å². The molecular formula is C19H21BrN2O3. The molecule has 5 nitrogen and oxygen atoms in total. The first kappa shape index (κ1) is 17.8. The van der Waals surface area contributed by atoms with Crippen molar-refractivity contribution >= 4 is 27.5 Å². The average molecular weight is 405 g/mol. The number of ether oxygens (including phenoxy) is 2. The van der Waals surface area contributed by atoms with Crippen molar-refractivity contribution in [2.45, 2.75) is 13.0 Å². The average Bonchev–Trinajstić information content (AvgIpc) is 2.65. The molecule has 1 fully saturated rings. The molecule has 132 valence electrons. The van der Waals surface area contributed by atoms with Crippen LogP contribution in [-0.4, -0.2) is 43.2 Å². The molecule has 1 aliphatic heterocycles. The summed E-state index contributed by atoms with van der Waals surface area (Å²) >= 11 is 3.40. The van der Waals surface area contributed by atoms with Crippen molar-refractivity contribution in [3.8, 4) is 11.5 Å². The summed E-state index contributed by atoms with van der Waals surface area (Å²) < 4.78 is 12.1. The minimum Gasteiger partial charge on any atom is -0.457 e. The fourth-order valence-corrected chi connectivity index (χ4v) is 2.89. The van der Waals surface area contributed by atoms with Gasteiger partial charge >= 0.3 is 0 Å². The number of nitrogens with one attached hydrogen (secondary N) is 1. The smallest absolute Gasteiger partial charge is 0.244 e. The molecule has 0 bridgehead atoms. The lowest BCUT2D eigenvalue weighted by atomic mass is 10.2. The highest BCUT2D eigenvalue weighted by molar-refractivity contribution is 9.10. The van der Waals surface area contributed by atoms with Gasteiger partial charge in [-0.1, -0.05) is 15.9 Å². The predicted octanol–water partition coefficient (Wildman–Crippen LogP) is 3.90. The summed E-state index contributed by atoms with van der Waals surface area (Å²) in [6.07, 6.45) is 0. The minimum atomic E-state index is -0.281. The summed E-state index contributed by atoms with van der Waals surface area (Å²) in [6, 6.07) is 15.0. The lowest BCUT2D eigenvalue weighted by Gasteiger charge is -2.29. The van der Waals surface area contributed by atoms with E-state index >= 15 is 0 Å². The van der Waals surface area contributed by atoms with E-state index in [2.05, 4.69) is 21.2 Å². The fourth-order valence-electron chi connectivity index (χ4n) is 2.63. The van der Waals surface area contributed by atoms with E-state index < -0.39 is 0 Å². The van der Waals surface area contributed by atoms with Crippen molar-refractivity contribution < 1.29 is 14.3 Å². The van der Waals surface area contributed by atoms with Gasteiger partial charge in [-0.2, -0.15) is 0 Å². The minimum absolute atomic E-state index is 0.0958. The van der Waals surface area contributed by atoms with Gasteiger partial charge in [-0.3, -0.25) is 4.79 Å². The van der Waals surface area contributed by atoms with E-state index in [0.29, 0.717) is 26.3 Å². The summed E-state index contributed by atoms with van der Waals surface area (Å²) in [7, 11) is 0. The van der Waals surface area contributed by atoms with E-state index in [-0.39, 0.29) is 11.9 Å². The molecule has 1 aliphatic rings. The molecule has 0 spiro atoms. The fraction of sp³-hybridized carbons (Fsp3) is 0.316. The van der Waals surface area contributed by atoms with Crippen LogP contribution in [0.15, 0.2) is 53.0 Å². The van der Waals surface area contributed by atoms with Gasteiger partial charge < -0.3 is 19.7 Å². The number of amides is 1. The third-order valence-corrected chi connectivity index (χ3v) is 4.51. The van der Waals surface area contributed by atoms with Crippen molar-refractivity contribution in [2.24, 2.45) is 0 Å². The number of anilines is 1. The molecule has 0 radical (unpaired) electrons. The molecule has 0 aliphatic carbocycles. The van der Waals surface area contributed by atoms with Crippen molar-refractivity contribution in [3.05, 3.63) is 53.0 Å². The number of hydrogen-bond acceptors (Lipinski definition) is 4.